The predicted octanol–water partition coefficient (Wildman–Crippen LogP) is 4.34. The maximum absolute atomic E-state index is 3.56. The van der Waals surface area contributed by atoms with Crippen molar-refractivity contribution in [1.29, 1.82) is 0 Å². The zero-order valence-corrected chi connectivity index (χ0v) is 10.1. The zero-order valence-electron chi connectivity index (χ0n) is 8.49. The molecule has 1 saturated carbocycles. The van der Waals surface area contributed by atoms with Gasteiger partial charge in [0, 0.05) is 5.33 Å². The van der Waals surface area contributed by atoms with Crippen molar-refractivity contribution in [2.45, 2.75) is 12.3 Å². The van der Waals surface area contributed by atoms with E-state index in [2.05, 4.69) is 58.4 Å². The highest BCUT2D eigenvalue weighted by atomic mass is 79.9. The summed E-state index contributed by atoms with van der Waals surface area (Å²) in [6.07, 6.45) is 1.35. The number of alkyl halides is 1. The molecule has 15 heavy (non-hydrogen) atoms. The lowest BCUT2D eigenvalue weighted by Gasteiger charge is -2.02. The molecule has 0 nitrogen and oxygen atoms in total. The summed E-state index contributed by atoms with van der Waals surface area (Å²) in [5.74, 6) is 1.67. The normalized spacial score (nSPS) is 24.3. The number of hydrogen-bond acceptors (Lipinski definition) is 0. The Morgan fingerprint density at radius 2 is 1.87 bits per heavy atom. The van der Waals surface area contributed by atoms with Gasteiger partial charge in [-0.25, -0.2) is 0 Å². The highest BCUT2D eigenvalue weighted by Crippen LogP contribution is 2.48. The van der Waals surface area contributed by atoms with Crippen molar-refractivity contribution in [1.82, 2.24) is 0 Å². The van der Waals surface area contributed by atoms with Gasteiger partial charge in [0.25, 0.3) is 0 Å². The molecule has 76 valence electrons. The van der Waals surface area contributed by atoms with Crippen LogP contribution >= 0.6 is 15.9 Å². The van der Waals surface area contributed by atoms with Crippen molar-refractivity contribution in [3.05, 3.63) is 48.0 Å². The Labute approximate surface area is 98.4 Å². The van der Waals surface area contributed by atoms with Crippen molar-refractivity contribution >= 4 is 26.7 Å². The summed E-state index contributed by atoms with van der Waals surface area (Å²) in [4.78, 5) is 0. The largest absolute Gasteiger partial charge is 0.0925 e. The highest BCUT2D eigenvalue weighted by Gasteiger charge is 2.36. The molecular formula is C14H13Br. The van der Waals surface area contributed by atoms with Crippen LogP contribution in [0.15, 0.2) is 42.5 Å². The molecule has 0 amide bonds. The van der Waals surface area contributed by atoms with E-state index >= 15 is 0 Å². The van der Waals surface area contributed by atoms with Crippen molar-refractivity contribution in [2.24, 2.45) is 5.92 Å². The SMILES string of the molecule is BrC[C@@H]1C[C@H]1c1ccc2ccccc2c1. The van der Waals surface area contributed by atoms with Gasteiger partial charge in [-0.1, -0.05) is 58.4 Å². The Balaban J connectivity index is 2.00. The quantitative estimate of drug-likeness (QED) is 0.705. The van der Waals surface area contributed by atoms with Gasteiger partial charge >= 0.3 is 0 Å². The van der Waals surface area contributed by atoms with E-state index < -0.39 is 0 Å². The average Bonchev–Trinajstić information content (AvgIpc) is 3.08. The van der Waals surface area contributed by atoms with Gasteiger partial charge in [0.1, 0.15) is 0 Å². The van der Waals surface area contributed by atoms with Crippen LogP contribution in [-0.4, -0.2) is 5.33 Å². The van der Waals surface area contributed by atoms with E-state index in [4.69, 9.17) is 0 Å². The number of benzene rings is 2. The topological polar surface area (TPSA) is 0 Å². The Hall–Kier alpha value is -0.820. The second-order valence-corrected chi connectivity index (χ2v) is 5.01. The second kappa shape index (κ2) is 3.64. The molecule has 2 aromatic rings. The lowest BCUT2D eigenvalue weighted by atomic mass is 10.0. The lowest BCUT2D eigenvalue weighted by Crippen LogP contribution is -1.84. The second-order valence-electron chi connectivity index (χ2n) is 4.36. The fraction of sp³-hybridized carbons (Fsp3) is 0.286. The van der Waals surface area contributed by atoms with Crippen LogP contribution in [0.1, 0.15) is 17.9 Å². The molecule has 1 aliphatic rings. The molecule has 0 saturated heterocycles. The summed E-state index contributed by atoms with van der Waals surface area (Å²) in [5.41, 5.74) is 1.51. The van der Waals surface area contributed by atoms with Crippen molar-refractivity contribution < 1.29 is 0 Å². The van der Waals surface area contributed by atoms with E-state index in [0.29, 0.717) is 0 Å². The molecule has 1 aliphatic carbocycles. The maximum atomic E-state index is 3.56. The van der Waals surface area contributed by atoms with Gasteiger partial charge in [-0.05, 0) is 34.6 Å². The third kappa shape index (κ3) is 1.69. The van der Waals surface area contributed by atoms with Gasteiger partial charge in [0.2, 0.25) is 0 Å². The molecule has 3 rings (SSSR count). The number of hydrogen-bond donors (Lipinski definition) is 0. The average molecular weight is 261 g/mol. The van der Waals surface area contributed by atoms with Gasteiger partial charge < -0.3 is 0 Å². The van der Waals surface area contributed by atoms with Crippen LogP contribution in [0.25, 0.3) is 10.8 Å². The smallest absolute Gasteiger partial charge is 0.00657 e. The summed E-state index contributed by atoms with van der Waals surface area (Å²) in [6.45, 7) is 0. The molecule has 2 atom stereocenters. The number of halogens is 1. The van der Waals surface area contributed by atoms with Gasteiger partial charge in [-0.2, -0.15) is 0 Å². The van der Waals surface area contributed by atoms with E-state index in [-0.39, 0.29) is 0 Å². The first-order valence-electron chi connectivity index (χ1n) is 5.43. The molecule has 2 aromatic carbocycles. The Kier molecular flexibility index (Phi) is 2.28. The maximum Gasteiger partial charge on any atom is 0.00657 e. The van der Waals surface area contributed by atoms with Crippen LogP contribution in [0.2, 0.25) is 0 Å². The number of rotatable bonds is 2. The van der Waals surface area contributed by atoms with E-state index in [1.807, 2.05) is 0 Å². The van der Waals surface area contributed by atoms with Crippen LogP contribution in [0.3, 0.4) is 0 Å². The first-order valence-corrected chi connectivity index (χ1v) is 6.55. The molecule has 0 bridgehead atoms. The summed E-state index contributed by atoms with van der Waals surface area (Å²) in [6, 6.07) is 15.5. The minimum absolute atomic E-state index is 0.800. The van der Waals surface area contributed by atoms with E-state index in [1.54, 1.807) is 0 Å². The minimum atomic E-state index is 0.800. The van der Waals surface area contributed by atoms with Crippen LogP contribution in [0.4, 0.5) is 0 Å². The van der Waals surface area contributed by atoms with Crippen LogP contribution in [0, 0.1) is 5.92 Å². The van der Waals surface area contributed by atoms with Gasteiger partial charge in [-0.15, -0.1) is 0 Å². The molecule has 1 heteroatoms. The monoisotopic (exact) mass is 260 g/mol. The molecule has 0 radical (unpaired) electrons. The molecule has 0 aliphatic heterocycles. The molecule has 0 N–H and O–H groups in total. The predicted molar refractivity (Wildman–Crippen MR) is 68.6 cm³/mol. The first kappa shape index (κ1) is 9.41. The molecule has 0 heterocycles. The van der Waals surface area contributed by atoms with E-state index in [0.717, 1.165) is 17.2 Å². The molecule has 0 spiro atoms. The summed E-state index contributed by atoms with van der Waals surface area (Å²) >= 11 is 3.56. The summed E-state index contributed by atoms with van der Waals surface area (Å²) in [5, 5.41) is 3.86. The standard InChI is InChI=1S/C14H13Br/c15-9-13-8-14(13)12-6-5-10-3-1-2-4-11(10)7-12/h1-7,13-14H,8-9H2/t13-,14-/m0/s1. The van der Waals surface area contributed by atoms with Gasteiger partial charge in [-0.3, -0.25) is 0 Å². The molecule has 1 fully saturated rings. The van der Waals surface area contributed by atoms with E-state index in [9.17, 15) is 0 Å². The first-order chi connectivity index (χ1) is 7.38. The highest BCUT2D eigenvalue weighted by molar-refractivity contribution is 9.09. The molecular weight excluding hydrogens is 248 g/mol. The summed E-state index contributed by atoms with van der Waals surface area (Å²) in [7, 11) is 0. The third-order valence-corrected chi connectivity index (χ3v) is 4.15. The summed E-state index contributed by atoms with van der Waals surface area (Å²) < 4.78 is 0. The Bertz CT molecular complexity index is 489. The lowest BCUT2D eigenvalue weighted by molar-refractivity contribution is 0.938. The van der Waals surface area contributed by atoms with Gasteiger partial charge in [0.05, 0.1) is 0 Å². The Morgan fingerprint density at radius 1 is 1.07 bits per heavy atom. The third-order valence-electron chi connectivity index (χ3n) is 3.32. The van der Waals surface area contributed by atoms with Crippen molar-refractivity contribution in [3.8, 4) is 0 Å². The van der Waals surface area contributed by atoms with Crippen LogP contribution in [-0.2, 0) is 0 Å². The fourth-order valence-corrected chi connectivity index (χ4v) is 2.98. The van der Waals surface area contributed by atoms with Crippen molar-refractivity contribution in [2.75, 3.05) is 5.33 Å². The van der Waals surface area contributed by atoms with Crippen LogP contribution < -0.4 is 0 Å². The van der Waals surface area contributed by atoms with Crippen molar-refractivity contribution in [3.63, 3.8) is 0 Å². The number of fused-ring (bicyclic) bond motifs is 1. The molecule has 0 unspecified atom stereocenters. The fourth-order valence-electron chi connectivity index (χ4n) is 2.26. The zero-order chi connectivity index (χ0) is 10.3. The minimum Gasteiger partial charge on any atom is -0.0925 e. The van der Waals surface area contributed by atoms with Crippen LogP contribution in [0.5, 0.6) is 0 Å². The van der Waals surface area contributed by atoms with E-state index in [1.165, 1.54) is 22.8 Å². The van der Waals surface area contributed by atoms with Gasteiger partial charge in [0.15, 0.2) is 0 Å². The Morgan fingerprint density at radius 3 is 2.60 bits per heavy atom. The molecule has 0 aromatic heterocycles.